The Hall–Kier alpha value is -1.61. The van der Waals surface area contributed by atoms with Crippen molar-refractivity contribution in [3.05, 3.63) is 22.4 Å². The third kappa shape index (κ3) is 7.41. The number of hydrogen-bond donors (Lipinski definition) is 3. The first kappa shape index (κ1) is 18.4. The second-order valence-electron chi connectivity index (χ2n) is 4.80. The number of aliphatic hydroxyl groups excluding tert-OH is 1. The largest absolute Gasteiger partial charge is 0.405 e. The lowest BCUT2D eigenvalue weighted by Gasteiger charge is -2.17. The van der Waals surface area contributed by atoms with E-state index in [9.17, 15) is 27.9 Å². The number of aliphatic hydroxyl groups is 1. The minimum atomic E-state index is -4.51. The van der Waals surface area contributed by atoms with E-state index in [0.29, 0.717) is 0 Å². The Morgan fingerprint density at radius 1 is 1.36 bits per heavy atom. The van der Waals surface area contributed by atoms with Crippen molar-refractivity contribution in [1.29, 1.82) is 0 Å². The summed E-state index contributed by atoms with van der Waals surface area (Å²) in [6.07, 6.45) is -5.69. The van der Waals surface area contributed by atoms with Crippen molar-refractivity contribution in [1.82, 2.24) is 10.6 Å². The Morgan fingerprint density at radius 3 is 2.59 bits per heavy atom. The van der Waals surface area contributed by atoms with E-state index in [4.69, 9.17) is 0 Å². The Morgan fingerprint density at radius 2 is 2.05 bits per heavy atom. The average Bonchev–Trinajstić information content (AvgIpc) is 2.88. The lowest BCUT2D eigenvalue weighted by Crippen LogP contribution is -2.39. The highest BCUT2D eigenvalue weighted by Gasteiger charge is 2.28. The normalized spacial score (nSPS) is 14.2. The molecule has 1 rings (SSSR count). The molecule has 0 spiro atoms. The fourth-order valence-electron chi connectivity index (χ4n) is 1.72. The van der Waals surface area contributed by atoms with E-state index in [1.807, 2.05) is 5.38 Å². The SMILES string of the molecule is CC(CC(O)c1cccs1)NC(=O)CC(=O)NCC(F)(F)F. The van der Waals surface area contributed by atoms with E-state index in [2.05, 4.69) is 5.32 Å². The molecule has 0 aliphatic rings. The molecule has 2 atom stereocenters. The Balaban J connectivity index is 2.30. The molecule has 124 valence electrons. The van der Waals surface area contributed by atoms with Crippen LogP contribution in [0.4, 0.5) is 13.2 Å². The molecule has 9 heteroatoms. The molecule has 0 aromatic carbocycles. The smallest absolute Gasteiger partial charge is 0.387 e. The molecule has 2 amide bonds. The first-order valence-corrected chi connectivity index (χ1v) is 7.39. The highest BCUT2D eigenvalue weighted by atomic mass is 32.1. The fourth-order valence-corrected chi connectivity index (χ4v) is 2.45. The molecule has 0 fully saturated rings. The number of nitrogens with one attached hydrogen (secondary N) is 2. The van der Waals surface area contributed by atoms with Gasteiger partial charge in [0.2, 0.25) is 11.8 Å². The zero-order valence-electron chi connectivity index (χ0n) is 11.8. The lowest BCUT2D eigenvalue weighted by atomic mass is 10.1. The van der Waals surface area contributed by atoms with E-state index in [-0.39, 0.29) is 6.42 Å². The summed E-state index contributed by atoms with van der Waals surface area (Å²) >= 11 is 1.38. The Bertz CT molecular complexity index is 491. The highest BCUT2D eigenvalue weighted by Crippen LogP contribution is 2.22. The van der Waals surface area contributed by atoms with Crippen LogP contribution >= 0.6 is 11.3 Å². The number of amides is 2. The molecule has 2 unspecified atom stereocenters. The van der Waals surface area contributed by atoms with Gasteiger partial charge < -0.3 is 15.7 Å². The van der Waals surface area contributed by atoms with Gasteiger partial charge in [0.15, 0.2) is 0 Å². The monoisotopic (exact) mass is 338 g/mol. The summed E-state index contributed by atoms with van der Waals surface area (Å²) in [6.45, 7) is 0.175. The molecule has 5 nitrogen and oxygen atoms in total. The summed E-state index contributed by atoms with van der Waals surface area (Å²) in [4.78, 5) is 23.4. The van der Waals surface area contributed by atoms with Crippen molar-refractivity contribution in [3.63, 3.8) is 0 Å². The van der Waals surface area contributed by atoms with Crippen LogP contribution in [0.5, 0.6) is 0 Å². The van der Waals surface area contributed by atoms with Crippen LogP contribution in [-0.2, 0) is 9.59 Å². The fraction of sp³-hybridized carbons (Fsp3) is 0.538. The number of thiophene rings is 1. The minimum Gasteiger partial charge on any atom is -0.387 e. The summed E-state index contributed by atoms with van der Waals surface area (Å²) in [6, 6.07) is 3.13. The lowest BCUT2D eigenvalue weighted by molar-refractivity contribution is -0.140. The molecule has 0 saturated carbocycles. The summed E-state index contributed by atoms with van der Waals surface area (Å²) in [5.41, 5.74) is 0. The van der Waals surface area contributed by atoms with Crippen LogP contribution in [0.2, 0.25) is 0 Å². The maximum Gasteiger partial charge on any atom is 0.405 e. The van der Waals surface area contributed by atoms with Crippen LogP contribution in [0.15, 0.2) is 17.5 Å². The molecular formula is C13H17F3N2O3S. The van der Waals surface area contributed by atoms with Gasteiger partial charge >= 0.3 is 6.18 Å². The standard InChI is InChI=1S/C13H17F3N2O3S/c1-8(5-9(19)10-3-2-4-22-10)18-12(21)6-11(20)17-7-13(14,15)16/h2-4,8-9,19H,5-7H2,1H3,(H,17,20)(H,18,21). The zero-order valence-corrected chi connectivity index (χ0v) is 12.6. The third-order valence-corrected chi connectivity index (χ3v) is 3.64. The van der Waals surface area contributed by atoms with E-state index in [1.54, 1.807) is 24.4 Å². The summed E-state index contributed by atoms with van der Waals surface area (Å²) in [5, 5.41) is 15.8. The Kier molecular flexibility index (Phi) is 6.82. The van der Waals surface area contributed by atoms with Crippen LogP contribution in [0.1, 0.15) is 30.7 Å². The number of carbonyl (C=O) groups is 2. The van der Waals surface area contributed by atoms with E-state index < -0.39 is 43.1 Å². The summed E-state index contributed by atoms with van der Waals surface area (Å²) < 4.78 is 35.7. The molecule has 1 aromatic heterocycles. The molecule has 22 heavy (non-hydrogen) atoms. The van der Waals surface area contributed by atoms with Gasteiger partial charge in [-0.25, -0.2) is 0 Å². The van der Waals surface area contributed by atoms with Crippen molar-refractivity contribution in [2.24, 2.45) is 0 Å². The number of halogens is 3. The maximum atomic E-state index is 11.9. The van der Waals surface area contributed by atoms with Crippen molar-refractivity contribution >= 4 is 23.2 Å². The van der Waals surface area contributed by atoms with Gasteiger partial charge in [0, 0.05) is 10.9 Å². The van der Waals surface area contributed by atoms with Gasteiger partial charge in [0.25, 0.3) is 0 Å². The summed E-state index contributed by atoms with van der Waals surface area (Å²) in [5.74, 6) is -1.69. The van der Waals surface area contributed by atoms with Crippen LogP contribution in [-0.4, -0.2) is 35.7 Å². The van der Waals surface area contributed by atoms with E-state index in [0.717, 1.165) is 4.88 Å². The Labute approximate surface area is 129 Å². The second kappa shape index (κ2) is 8.14. The van der Waals surface area contributed by atoms with Gasteiger partial charge in [0.1, 0.15) is 13.0 Å². The van der Waals surface area contributed by atoms with Crippen molar-refractivity contribution < 1.29 is 27.9 Å². The molecule has 0 radical (unpaired) electrons. The number of rotatable bonds is 7. The van der Waals surface area contributed by atoms with E-state index in [1.165, 1.54) is 11.3 Å². The maximum absolute atomic E-state index is 11.9. The molecule has 1 heterocycles. The molecule has 0 aliphatic heterocycles. The van der Waals surface area contributed by atoms with Gasteiger partial charge in [-0.2, -0.15) is 13.2 Å². The van der Waals surface area contributed by atoms with Crippen molar-refractivity contribution in [3.8, 4) is 0 Å². The third-order valence-electron chi connectivity index (χ3n) is 2.66. The first-order valence-electron chi connectivity index (χ1n) is 6.51. The molecule has 0 saturated heterocycles. The predicted molar refractivity (Wildman–Crippen MR) is 75.2 cm³/mol. The number of carbonyl (C=O) groups excluding carboxylic acids is 2. The van der Waals surface area contributed by atoms with Crippen molar-refractivity contribution in [2.45, 2.75) is 38.1 Å². The van der Waals surface area contributed by atoms with Gasteiger partial charge in [0.05, 0.1) is 6.10 Å². The average molecular weight is 338 g/mol. The van der Waals surface area contributed by atoms with Crippen LogP contribution in [0.3, 0.4) is 0 Å². The predicted octanol–water partition coefficient (Wildman–Crippen LogP) is 1.74. The second-order valence-corrected chi connectivity index (χ2v) is 5.78. The van der Waals surface area contributed by atoms with Crippen molar-refractivity contribution in [2.75, 3.05) is 6.54 Å². The van der Waals surface area contributed by atoms with E-state index >= 15 is 0 Å². The number of alkyl halides is 3. The minimum absolute atomic E-state index is 0.246. The zero-order chi connectivity index (χ0) is 16.8. The first-order chi connectivity index (χ1) is 10.2. The van der Waals surface area contributed by atoms with Gasteiger partial charge in [-0.3, -0.25) is 9.59 Å². The van der Waals surface area contributed by atoms with Crippen LogP contribution in [0, 0.1) is 0 Å². The molecular weight excluding hydrogens is 321 g/mol. The molecule has 0 bridgehead atoms. The summed E-state index contributed by atoms with van der Waals surface area (Å²) in [7, 11) is 0. The van der Waals surface area contributed by atoms with Gasteiger partial charge in [-0.05, 0) is 24.8 Å². The molecule has 1 aromatic rings. The quantitative estimate of drug-likeness (QED) is 0.663. The van der Waals surface area contributed by atoms with Crippen LogP contribution < -0.4 is 10.6 Å². The number of hydrogen-bond acceptors (Lipinski definition) is 4. The highest BCUT2D eigenvalue weighted by molar-refractivity contribution is 7.10. The molecule has 3 N–H and O–H groups in total. The topological polar surface area (TPSA) is 78.4 Å². The van der Waals surface area contributed by atoms with Gasteiger partial charge in [-0.15, -0.1) is 11.3 Å². The van der Waals surface area contributed by atoms with Crippen LogP contribution in [0.25, 0.3) is 0 Å². The molecule has 0 aliphatic carbocycles. The van der Waals surface area contributed by atoms with Gasteiger partial charge in [-0.1, -0.05) is 6.07 Å².